The quantitative estimate of drug-likeness (QED) is 0.788. The van der Waals surface area contributed by atoms with E-state index in [1.54, 1.807) is 6.07 Å². The van der Waals surface area contributed by atoms with E-state index in [2.05, 4.69) is 0 Å². The summed E-state index contributed by atoms with van der Waals surface area (Å²) in [4.78, 5) is 13.3. The Labute approximate surface area is 132 Å². The predicted molar refractivity (Wildman–Crippen MR) is 79.8 cm³/mol. The minimum Gasteiger partial charge on any atom is -0.508 e. The third kappa shape index (κ3) is 3.43. The highest BCUT2D eigenvalue weighted by Crippen LogP contribution is 2.34. The normalized spacial score (nSPS) is 18.6. The summed E-state index contributed by atoms with van der Waals surface area (Å²) in [6, 6.07) is 3.02. The van der Waals surface area contributed by atoms with E-state index < -0.39 is 11.4 Å². The van der Waals surface area contributed by atoms with Crippen LogP contribution in [0.15, 0.2) is 12.1 Å². The molecule has 0 aliphatic carbocycles. The van der Waals surface area contributed by atoms with Crippen molar-refractivity contribution in [2.45, 2.75) is 19.4 Å². The molecule has 1 fully saturated rings. The topological polar surface area (TPSA) is 81.0 Å². The van der Waals surface area contributed by atoms with Crippen LogP contribution in [0.1, 0.15) is 18.4 Å². The Balaban J connectivity index is 2.04. The van der Waals surface area contributed by atoms with Crippen LogP contribution in [0.5, 0.6) is 5.75 Å². The fraction of sp³-hybridized carbons (Fsp3) is 0.500. The second-order valence-corrected chi connectivity index (χ2v) is 6.23. The van der Waals surface area contributed by atoms with Gasteiger partial charge in [-0.3, -0.25) is 9.69 Å². The smallest absolute Gasteiger partial charge is 0.312 e. The van der Waals surface area contributed by atoms with Crippen molar-refractivity contribution in [3.63, 3.8) is 0 Å². The molecule has 0 atom stereocenters. The zero-order valence-corrected chi connectivity index (χ0v) is 12.9. The van der Waals surface area contributed by atoms with E-state index in [9.17, 15) is 20.1 Å². The molecule has 3 N–H and O–H groups in total. The van der Waals surface area contributed by atoms with Crippen molar-refractivity contribution in [2.75, 3.05) is 19.7 Å². The molecule has 1 aromatic rings. The van der Waals surface area contributed by atoms with Gasteiger partial charge in [0.2, 0.25) is 0 Å². The number of hydrogen-bond acceptors (Lipinski definition) is 4. The van der Waals surface area contributed by atoms with Crippen LogP contribution in [0.4, 0.5) is 0 Å². The molecule has 1 heterocycles. The number of carbonyl (C=O) groups is 1. The van der Waals surface area contributed by atoms with E-state index in [0.29, 0.717) is 48.1 Å². The molecule has 0 radical (unpaired) electrons. The first-order chi connectivity index (χ1) is 9.88. The minimum atomic E-state index is -1.05. The highest BCUT2D eigenvalue weighted by molar-refractivity contribution is 6.42. The molecule has 1 saturated heterocycles. The van der Waals surface area contributed by atoms with Crippen molar-refractivity contribution < 1.29 is 20.1 Å². The van der Waals surface area contributed by atoms with Gasteiger partial charge in [-0.05, 0) is 32.0 Å². The van der Waals surface area contributed by atoms with Crippen LogP contribution >= 0.6 is 23.2 Å². The number of likely N-dealkylation sites (tertiary alicyclic amines) is 1. The van der Waals surface area contributed by atoms with E-state index in [0.717, 1.165) is 0 Å². The van der Waals surface area contributed by atoms with E-state index in [-0.39, 0.29) is 12.4 Å². The molecule has 1 aliphatic heterocycles. The molecule has 5 nitrogen and oxygen atoms in total. The molecule has 0 bridgehead atoms. The van der Waals surface area contributed by atoms with Gasteiger partial charge in [-0.15, -0.1) is 0 Å². The van der Waals surface area contributed by atoms with Gasteiger partial charge < -0.3 is 15.3 Å². The number of carboxylic acid groups (broad SMARTS) is 1. The van der Waals surface area contributed by atoms with E-state index in [4.69, 9.17) is 23.2 Å². The van der Waals surface area contributed by atoms with Crippen molar-refractivity contribution in [1.29, 1.82) is 0 Å². The first kappa shape index (κ1) is 16.4. The average molecular weight is 334 g/mol. The lowest BCUT2D eigenvalue weighted by Crippen LogP contribution is -2.46. The van der Waals surface area contributed by atoms with Crippen LogP contribution in [0.25, 0.3) is 0 Å². The molecule has 0 unspecified atom stereocenters. The fourth-order valence-electron chi connectivity index (χ4n) is 2.52. The lowest BCUT2D eigenvalue weighted by molar-refractivity contribution is -0.155. The van der Waals surface area contributed by atoms with Gasteiger partial charge in [0.15, 0.2) is 0 Å². The van der Waals surface area contributed by atoms with Crippen LogP contribution in [-0.4, -0.2) is 45.9 Å². The maximum atomic E-state index is 11.3. The number of phenolic OH excluding ortho intramolecular Hbond substituents is 1. The maximum Gasteiger partial charge on any atom is 0.312 e. The Morgan fingerprint density at radius 3 is 2.33 bits per heavy atom. The molecule has 0 amide bonds. The third-order valence-electron chi connectivity index (χ3n) is 4.09. The number of aliphatic hydroxyl groups excluding tert-OH is 1. The van der Waals surface area contributed by atoms with Gasteiger partial charge in [0, 0.05) is 18.2 Å². The number of carboxylic acids is 1. The molecule has 0 aromatic heterocycles. The average Bonchev–Trinajstić information content (AvgIpc) is 2.45. The summed E-state index contributed by atoms with van der Waals surface area (Å²) in [5, 5.41) is 29.1. The van der Waals surface area contributed by atoms with Crippen molar-refractivity contribution in [3.05, 3.63) is 27.7 Å². The summed E-state index contributed by atoms with van der Waals surface area (Å²) < 4.78 is 0. The molecular weight excluding hydrogens is 317 g/mol. The van der Waals surface area contributed by atoms with Crippen LogP contribution in [0.3, 0.4) is 0 Å². The molecule has 116 valence electrons. The number of rotatable bonds is 4. The zero-order valence-electron chi connectivity index (χ0n) is 11.4. The molecule has 1 aliphatic rings. The predicted octanol–water partition coefficient (Wildman–Crippen LogP) is 2.36. The summed E-state index contributed by atoms with van der Waals surface area (Å²) in [6.07, 6.45) is 0.752. The lowest BCUT2D eigenvalue weighted by atomic mass is 9.79. The summed E-state index contributed by atoms with van der Waals surface area (Å²) in [5.41, 5.74) is -0.396. The Morgan fingerprint density at radius 2 is 1.81 bits per heavy atom. The highest BCUT2D eigenvalue weighted by atomic mass is 35.5. The monoisotopic (exact) mass is 333 g/mol. The summed E-state index contributed by atoms with van der Waals surface area (Å²) in [7, 11) is 0. The zero-order chi connectivity index (χ0) is 15.6. The van der Waals surface area contributed by atoms with Crippen molar-refractivity contribution in [1.82, 2.24) is 4.90 Å². The van der Waals surface area contributed by atoms with E-state index in [1.165, 1.54) is 6.07 Å². The standard InChI is InChI=1S/C14H17Cl2NO4/c15-10-5-9(12(19)6-11(10)16)7-17-3-1-14(8-18,2-4-17)13(20)21/h5-6,18-19H,1-4,7-8H2,(H,20,21). The molecule has 7 heteroatoms. The van der Waals surface area contributed by atoms with Crippen molar-refractivity contribution in [2.24, 2.45) is 5.41 Å². The molecule has 2 rings (SSSR count). The van der Waals surface area contributed by atoms with Crippen LogP contribution in [-0.2, 0) is 11.3 Å². The fourth-order valence-corrected chi connectivity index (χ4v) is 2.87. The minimum absolute atomic E-state index is 0.0710. The Bertz CT molecular complexity index is 542. The number of piperidine rings is 1. The largest absolute Gasteiger partial charge is 0.508 e. The number of halogens is 2. The molecule has 21 heavy (non-hydrogen) atoms. The van der Waals surface area contributed by atoms with Crippen LogP contribution in [0, 0.1) is 5.41 Å². The Hall–Kier alpha value is -1.01. The number of aliphatic carboxylic acids is 1. The van der Waals surface area contributed by atoms with Gasteiger partial charge in [-0.1, -0.05) is 23.2 Å². The van der Waals surface area contributed by atoms with Crippen LogP contribution in [0.2, 0.25) is 10.0 Å². The molecule has 0 saturated carbocycles. The number of hydrogen-bond donors (Lipinski definition) is 3. The number of benzene rings is 1. The molecule has 0 spiro atoms. The van der Waals surface area contributed by atoms with Gasteiger partial charge in [-0.2, -0.15) is 0 Å². The lowest BCUT2D eigenvalue weighted by Gasteiger charge is -2.37. The number of aliphatic hydroxyl groups is 1. The van der Waals surface area contributed by atoms with E-state index >= 15 is 0 Å². The SMILES string of the molecule is O=C(O)C1(CO)CCN(Cc2cc(Cl)c(Cl)cc2O)CC1. The van der Waals surface area contributed by atoms with Gasteiger partial charge in [-0.25, -0.2) is 0 Å². The number of phenols is 1. The second kappa shape index (κ2) is 6.40. The number of aromatic hydroxyl groups is 1. The molecule has 1 aromatic carbocycles. The van der Waals surface area contributed by atoms with E-state index in [1.807, 2.05) is 4.90 Å². The summed E-state index contributed by atoms with van der Waals surface area (Å²) in [6.45, 7) is 1.18. The first-order valence-electron chi connectivity index (χ1n) is 6.61. The van der Waals surface area contributed by atoms with Gasteiger partial charge in [0.05, 0.1) is 22.1 Å². The van der Waals surface area contributed by atoms with Gasteiger partial charge in [0.1, 0.15) is 5.75 Å². The second-order valence-electron chi connectivity index (χ2n) is 5.41. The Kier molecular flexibility index (Phi) is 4.99. The maximum absolute atomic E-state index is 11.3. The third-order valence-corrected chi connectivity index (χ3v) is 4.81. The summed E-state index contributed by atoms with van der Waals surface area (Å²) in [5.74, 6) is -0.885. The Morgan fingerprint density at radius 1 is 1.24 bits per heavy atom. The molecular formula is C14H17Cl2NO4. The summed E-state index contributed by atoms with van der Waals surface area (Å²) >= 11 is 11.8. The van der Waals surface area contributed by atoms with Gasteiger partial charge >= 0.3 is 5.97 Å². The van der Waals surface area contributed by atoms with Gasteiger partial charge in [0.25, 0.3) is 0 Å². The highest BCUT2D eigenvalue weighted by Gasteiger charge is 2.41. The van der Waals surface area contributed by atoms with Crippen molar-refractivity contribution in [3.8, 4) is 5.75 Å². The first-order valence-corrected chi connectivity index (χ1v) is 7.37. The van der Waals surface area contributed by atoms with Crippen LogP contribution < -0.4 is 0 Å². The number of nitrogens with zero attached hydrogens (tertiary/aromatic N) is 1. The van der Waals surface area contributed by atoms with Crippen molar-refractivity contribution >= 4 is 29.2 Å².